The summed E-state index contributed by atoms with van der Waals surface area (Å²) in [4.78, 5) is 4.21. The molecular formula is C22H26F2IN5O2. The third-order valence-corrected chi connectivity index (χ3v) is 4.62. The molecule has 0 unspecified atom stereocenters. The van der Waals surface area contributed by atoms with E-state index in [-0.39, 0.29) is 36.3 Å². The molecule has 7 nitrogen and oxygen atoms in total. The maximum Gasteiger partial charge on any atom is 0.387 e. The first-order valence-electron chi connectivity index (χ1n) is 9.69. The van der Waals surface area contributed by atoms with Crippen molar-refractivity contribution in [3.63, 3.8) is 0 Å². The van der Waals surface area contributed by atoms with Gasteiger partial charge < -0.3 is 20.1 Å². The number of rotatable bonds is 9. The highest BCUT2D eigenvalue weighted by atomic mass is 127. The number of hydrogen-bond acceptors (Lipinski definition) is 4. The molecule has 172 valence electrons. The number of ether oxygens (including phenoxy) is 2. The fraction of sp³-hybridized carbons (Fsp3) is 0.273. The summed E-state index contributed by atoms with van der Waals surface area (Å²) in [6, 6.07) is 14.8. The van der Waals surface area contributed by atoms with Gasteiger partial charge in [0, 0.05) is 44.2 Å². The van der Waals surface area contributed by atoms with Crippen LogP contribution >= 0.6 is 24.0 Å². The quantitative estimate of drug-likeness (QED) is 0.236. The average Bonchev–Trinajstić information content (AvgIpc) is 3.28. The van der Waals surface area contributed by atoms with Crippen LogP contribution < -0.4 is 20.1 Å². The molecule has 0 radical (unpaired) electrons. The summed E-state index contributed by atoms with van der Waals surface area (Å²) in [6.45, 7) is -1.47. The Labute approximate surface area is 202 Å². The van der Waals surface area contributed by atoms with Gasteiger partial charge in [0.15, 0.2) is 5.96 Å². The molecule has 0 aliphatic carbocycles. The number of alkyl halides is 2. The summed E-state index contributed by atoms with van der Waals surface area (Å²) in [5, 5.41) is 10.6. The van der Waals surface area contributed by atoms with Crippen LogP contribution in [0.2, 0.25) is 0 Å². The molecule has 0 aliphatic heterocycles. The van der Waals surface area contributed by atoms with Gasteiger partial charge in [0.1, 0.15) is 11.5 Å². The third-order valence-electron chi connectivity index (χ3n) is 4.62. The fourth-order valence-electron chi connectivity index (χ4n) is 3.04. The highest BCUT2D eigenvalue weighted by Gasteiger charge is 2.12. The second kappa shape index (κ2) is 12.8. The molecule has 0 saturated heterocycles. The zero-order valence-corrected chi connectivity index (χ0v) is 20.1. The normalized spacial score (nSPS) is 11.1. The van der Waals surface area contributed by atoms with Crippen molar-refractivity contribution in [1.29, 1.82) is 0 Å². The molecular weight excluding hydrogens is 531 g/mol. The Hall–Kier alpha value is -2.89. The second-order valence-corrected chi connectivity index (χ2v) is 6.60. The van der Waals surface area contributed by atoms with E-state index >= 15 is 0 Å². The molecule has 3 aromatic rings. The van der Waals surface area contributed by atoms with E-state index in [1.54, 1.807) is 25.4 Å². The molecule has 0 amide bonds. The highest BCUT2D eigenvalue weighted by molar-refractivity contribution is 14.0. The lowest BCUT2D eigenvalue weighted by Gasteiger charge is -2.16. The van der Waals surface area contributed by atoms with Crippen LogP contribution in [0.5, 0.6) is 11.5 Å². The maximum atomic E-state index is 12.8. The van der Waals surface area contributed by atoms with Crippen LogP contribution in [-0.4, -0.2) is 36.5 Å². The Morgan fingerprint density at radius 1 is 1.06 bits per heavy atom. The molecule has 3 rings (SSSR count). The van der Waals surface area contributed by atoms with E-state index < -0.39 is 6.61 Å². The first-order valence-corrected chi connectivity index (χ1v) is 9.69. The van der Waals surface area contributed by atoms with Crippen molar-refractivity contribution in [3.8, 4) is 11.5 Å². The summed E-state index contributed by atoms with van der Waals surface area (Å²) < 4.78 is 37.1. The van der Waals surface area contributed by atoms with E-state index in [1.165, 1.54) is 13.2 Å². The van der Waals surface area contributed by atoms with E-state index in [9.17, 15) is 8.78 Å². The van der Waals surface area contributed by atoms with Crippen molar-refractivity contribution < 1.29 is 18.3 Å². The van der Waals surface area contributed by atoms with E-state index in [0.717, 1.165) is 11.1 Å². The van der Waals surface area contributed by atoms with Crippen LogP contribution in [0.15, 0.2) is 65.9 Å². The lowest BCUT2D eigenvalue weighted by Crippen LogP contribution is -2.36. The molecule has 1 aromatic heterocycles. The average molecular weight is 557 g/mol. The second-order valence-electron chi connectivity index (χ2n) is 6.60. The van der Waals surface area contributed by atoms with E-state index in [4.69, 9.17) is 4.74 Å². The lowest BCUT2D eigenvalue weighted by atomic mass is 10.1. The first kappa shape index (κ1) is 25.4. The number of halogens is 3. The highest BCUT2D eigenvalue weighted by Crippen LogP contribution is 2.26. The topological polar surface area (TPSA) is 72.7 Å². The standard InChI is InChI=1S/C22H25F2N5O2.HI/c1-25-22(27-14-17-8-9-19(30-2)12-20(17)31-21(23)24)26-13-16-6-3-4-7-18(16)15-29-11-5-10-28-29;/h3-12,21H,13-15H2,1-2H3,(H2,25,26,27);1H. The Bertz CT molecular complexity index is 1000. The molecule has 0 atom stereocenters. The van der Waals surface area contributed by atoms with Crippen LogP contribution in [0.4, 0.5) is 8.78 Å². The largest absolute Gasteiger partial charge is 0.497 e. The summed E-state index contributed by atoms with van der Waals surface area (Å²) in [5.41, 5.74) is 2.80. The monoisotopic (exact) mass is 557 g/mol. The van der Waals surface area contributed by atoms with Crippen molar-refractivity contribution in [2.45, 2.75) is 26.2 Å². The zero-order valence-electron chi connectivity index (χ0n) is 17.8. The Morgan fingerprint density at radius 2 is 1.78 bits per heavy atom. The van der Waals surface area contributed by atoms with E-state index in [1.807, 2.05) is 35.1 Å². The van der Waals surface area contributed by atoms with Gasteiger partial charge in [-0.05, 0) is 29.3 Å². The van der Waals surface area contributed by atoms with Crippen molar-refractivity contribution in [1.82, 2.24) is 20.4 Å². The van der Waals surface area contributed by atoms with E-state index in [2.05, 4.69) is 31.5 Å². The molecule has 0 spiro atoms. The minimum atomic E-state index is -2.92. The number of aliphatic imine (C=N–C) groups is 1. The van der Waals surface area contributed by atoms with Crippen LogP contribution in [0, 0.1) is 0 Å². The number of nitrogens with one attached hydrogen (secondary N) is 2. The number of nitrogens with zero attached hydrogens (tertiary/aromatic N) is 3. The maximum absolute atomic E-state index is 12.8. The van der Waals surface area contributed by atoms with Crippen LogP contribution in [0.1, 0.15) is 16.7 Å². The van der Waals surface area contributed by atoms with Gasteiger partial charge in [0.2, 0.25) is 0 Å². The smallest absolute Gasteiger partial charge is 0.387 e. The summed E-state index contributed by atoms with van der Waals surface area (Å²) in [5.74, 6) is 1.03. The van der Waals surface area contributed by atoms with Crippen molar-refractivity contribution >= 4 is 29.9 Å². The zero-order chi connectivity index (χ0) is 22.1. The van der Waals surface area contributed by atoms with Crippen molar-refractivity contribution in [2.24, 2.45) is 4.99 Å². The van der Waals surface area contributed by atoms with Gasteiger partial charge >= 0.3 is 6.61 Å². The Kier molecular flexibility index (Phi) is 10.2. The minimum Gasteiger partial charge on any atom is -0.497 e. The third kappa shape index (κ3) is 7.36. The van der Waals surface area contributed by atoms with Gasteiger partial charge in [-0.3, -0.25) is 9.67 Å². The molecule has 0 fully saturated rings. The SMILES string of the molecule is CN=C(NCc1ccccc1Cn1cccn1)NCc1ccc(OC)cc1OC(F)F.I. The Morgan fingerprint density at radius 3 is 2.41 bits per heavy atom. The summed E-state index contributed by atoms with van der Waals surface area (Å²) >= 11 is 0. The molecule has 2 aromatic carbocycles. The molecule has 1 heterocycles. The predicted molar refractivity (Wildman–Crippen MR) is 130 cm³/mol. The van der Waals surface area contributed by atoms with Crippen molar-refractivity contribution in [2.75, 3.05) is 14.2 Å². The molecule has 0 bridgehead atoms. The van der Waals surface area contributed by atoms with Gasteiger partial charge in [-0.2, -0.15) is 13.9 Å². The summed E-state index contributed by atoms with van der Waals surface area (Å²) in [6.07, 6.45) is 3.66. The Balaban J connectivity index is 0.00000363. The minimum absolute atomic E-state index is 0. The van der Waals surface area contributed by atoms with E-state index in [0.29, 0.717) is 30.4 Å². The predicted octanol–water partition coefficient (Wildman–Crippen LogP) is 4.02. The molecule has 0 saturated carbocycles. The van der Waals surface area contributed by atoms with Gasteiger partial charge in [-0.1, -0.05) is 24.3 Å². The number of benzene rings is 2. The molecule has 0 aliphatic rings. The first-order chi connectivity index (χ1) is 15.1. The number of methoxy groups -OCH3 is 1. The van der Waals surface area contributed by atoms with Gasteiger partial charge in [-0.15, -0.1) is 24.0 Å². The number of guanidine groups is 1. The van der Waals surface area contributed by atoms with Gasteiger partial charge in [0.05, 0.1) is 13.7 Å². The van der Waals surface area contributed by atoms with Gasteiger partial charge in [0.25, 0.3) is 0 Å². The fourth-order valence-corrected chi connectivity index (χ4v) is 3.04. The number of aromatic nitrogens is 2. The molecule has 32 heavy (non-hydrogen) atoms. The number of hydrogen-bond donors (Lipinski definition) is 2. The molecule has 10 heteroatoms. The molecule has 2 N–H and O–H groups in total. The van der Waals surface area contributed by atoms with Crippen LogP contribution in [-0.2, 0) is 19.6 Å². The van der Waals surface area contributed by atoms with Crippen molar-refractivity contribution in [3.05, 3.63) is 77.6 Å². The lowest BCUT2D eigenvalue weighted by molar-refractivity contribution is -0.0505. The summed E-state index contributed by atoms with van der Waals surface area (Å²) in [7, 11) is 3.12. The van der Waals surface area contributed by atoms with Crippen LogP contribution in [0.25, 0.3) is 0 Å². The van der Waals surface area contributed by atoms with Gasteiger partial charge in [-0.25, -0.2) is 0 Å². The van der Waals surface area contributed by atoms with Crippen LogP contribution in [0.3, 0.4) is 0 Å².